The number of rotatable bonds is 4. The normalized spacial score (nSPS) is 11.3. The van der Waals surface area contributed by atoms with Gasteiger partial charge in [0, 0.05) is 0 Å². The Morgan fingerprint density at radius 2 is 2.27 bits per heavy atom. The van der Waals surface area contributed by atoms with Crippen molar-refractivity contribution < 1.29 is 9.53 Å². The van der Waals surface area contributed by atoms with Gasteiger partial charge in [-0.1, -0.05) is 6.08 Å². The van der Waals surface area contributed by atoms with Crippen LogP contribution < -0.4 is 11.5 Å². The third-order valence-electron chi connectivity index (χ3n) is 1.04. The molecule has 0 aromatic rings. The van der Waals surface area contributed by atoms with Crippen molar-refractivity contribution in [1.82, 2.24) is 0 Å². The summed E-state index contributed by atoms with van der Waals surface area (Å²) in [7, 11) is 0. The molecule has 0 saturated carbocycles. The van der Waals surface area contributed by atoms with Gasteiger partial charge in [0.1, 0.15) is 5.70 Å². The van der Waals surface area contributed by atoms with Crippen molar-refractivity contribution in [2.75, 3.05) is 13.2 Å². The number of hydrogen-bond donors (Lipinski definition) is 2. The van der Waals surface area contributed by atoms with E-state index in [2.05, 4.69) is 4.74 Å². The summed E-state index contributed by atoms with van der Waals surface area (Å²) in [5, 5.41) is 0. The van der Waals surface area contributed by atoms with Crippen molar-refractivity contribution in [2.24, 2.45) is 11.5 Å². The number of hydrogen-bond acceptors (Lipinski definition) is 4. The van der Waals surface area contributed by atoms with Gasteiger partial charge in [0.15, 0.2) is 0 Å². The van der Waals surface area contributed by atoms with Crippen molar-refractivity contribution in [2.45, 2.75) is 13.3 Å². The molecule has 0 rings (SSSR count). The van der Waals surface area contributed by atoms with Crippen LogP contribution in [0.25, 0.3) is 0 Å². The van der Waals surface area contributed by atoms with Crippen LogP contribution in [-0.4, -0.2) is 19.1 Å². The second kappa shape index (κ2) is 5.73. The van der Waals surface area contributed by atoms with E-state index in [1.807, 2.05) is 0 Å². The molecule has 64 valence electrons. The molecule has 0 aromatic heterocycles. The van der Waals surface area contributed by atoms with Gasteiger partial charge in [-0.3, -0.25) is 0 Å². The lowest BCUT2D eigenvalue weighted by Gasteiger charge is -1.99. The molecule has 0 fully saturated rings. The predicted molar refractivity (Wildman–Crippen MR) is 42.6 cm³/mol. The average Bonchev–Trinajstić information content (AvgIpc) is 2.00. The van der Waals surface area contributed by atoms with Crippen LogP contribution in [0, 0.1) is 0 Å². The zero-order chi connectivity index (χ0) is 8.69. The first-order valence-electron chi connectivity index (χ1n) is 3.55. The van der Waals surface area contributed by atoms with Crippen molar-refractivity contribution in [3.8, 4) is 0 Å². The molecule has 0 aliphatic rings. The Bertz CT molecular complexity index is 155. The molecule has 0 aliphatic heterocycles. The summed E-state index contributed by atoms with van der Waals surface area (Å²) >= 11 is 0. The average molecular weight is 158 g/mol. The van der Waals surface area contributed by atoms with E-state index in [4.69, 9.17) is 11.5 Å². The molecular formula is C7H14N2O2. The number of carbonyl (C=O) groups is 1. The molecule has 0 aromatic carbocycles. The molecule has 0 heterocycles. The highest BCUT2D eigenvalue weighted by Gasteiger charge is 2.03. The van der Waals surface area contributed by atoms with Crippen LogP contribution in [0.3, 0.4) is 0 Å². The molecular weight excluding hydrogens is 144 g/mol. The summed E-state index contributed by atoms with van der Waals surface area (Å²) in [5.41, 5.74) is 10.7. The molecule has 0 amide bonds. The van der Waals surface area contributed by atoms with E-state index < -0.39 is 5.97 Å². The Morgan fingerprint density at radius 1 is 1.64 bits per heavy atom. The molecule has 0 spiro atoms. The quantitative estimate of drug-likeness (QED) is 0.436. The van der Waals surface area contributed by atoms with Gasteiger partial charge >= 0.3 is 5.97 Å². The van der Waals surface area contributed by atoms with Crippen LogP contribution in [0.5, 0.6) is 0 Å². The molecule has 0 aliphatic carbocycles. The maximum atomic E-state index is 10.8. The summed E-state index contributed by atoms with van der Waals surface area (Å²) in [6, 6.07) is 0. The lowest BCUT2D eigenvalue weighted by atomic mass is 10.3. The first-order chi connectivity index (χ1) is 5.22. The van der Waals surface area contributed by atoms with Crippen LogP contribution in [0.15, 0.2) is 11.8 Å². The fourth-order valence-corrected chi connectivity index (χ4v) is 0.537. The van der Waals surface area contributed by atoms with Crippen molar-refractivity contribution in [3.63, 3.8) is 0 Å². The van der Waals surface area contributed by atoms with Gasteiger partial charge < -0.3 is 16.2 Å². The van der Waals surface area contributed by atoms with E-state index in [0.717, 1.165) is 0 Å². The largest absolute Gasteiger partial charge is 0.461 e. The number of carbonyl (C=O) groups excluding carboxylic acids is 1. The van der Waals surface area contributed by atoms with E-state index >= 15 is 0 Å². The summed E-state index contributed by atoms with van der Waals surface area (Å²) in [6.07, 6.45) is 2.17. The predicted octanol–water partition coefficient (Wildman–Crippen LogP) is -0.259. The van der Waals surface area contributed by atoms with Crippen molar-refractivity contribution in [3.05, 3.63) is 11.8 Å². The topological polar surface area (TPSA) is 78.3 Å². The Labute approximate surface area is 66.2 Å². The van der Waals surface area contributed by atoms with E-state index in [-0.39, 0.29) is 5.70 Å². The molecule has 0 radical (unpaired) electrons. The molecule has 0 bridgehead atoms. The van der Waals surface area contributed by atoms with Gasteiger partial charge in [-0.2, -0.15) is 0 Å². The van der Waals surface area contributed by atoms with Crippen LogP contribution in [0.2, 0.25) is 0 Å². The van der Waals surface area contributed by atoms with E-state index in [1.54, 1.807) is 13.0 Å². The second-order valence-electron chi connectivity index (χ2n) is 1.96. The Kier molecular flexibility index (Phi) is 5.20. The number of esters is 1. The van der Waals surface area contributed by atoms with Gasteiger partial charge in [0.2, 0.25) is 0 Å². The summed E-state index contributed by atoms with van der Waals surface area (Å²) in [6.45, 7) is 2.56. The van der Waals surface area contributed by atoms with Gasteiger partial charge in [0.25, 0.3) is 0 Å². The smallest absolute Gasteiger partial charge is 0.353 e. The third-order valence-corrected chi connectivity index (χ3v) is 1.04. The molecule has 4 nitrogen and oxygen atoms in total. The Morgan fingerprint density at radius 3 is 2.73 bits per heavy atom. The summed E-state index contributed by atoms with van der Waals surface area (Å²) < 4.78 is 4.63. The fourth-order valence-electron chi connectivity index (χ4n) is 0.537. The molecule has 11 heavy (non-hydrogen) atoms. The van der Waals surface area contributed by atoms with Gasteiger partial charge in [-0.25, -0.2) is 4.79 Å². The minimum absolute atomic E-state index is 0.136. The fraction of sp³-hybridized carbons (Fsp3) is 0.571. The zero-order valence-electron chi connectivity index (χ0n) is 6.67. The third kappa shape index (κ3) is 4.38. The van der Waals surface area contributed by atoms with Crippen LogP contribution in [-0.2, 0) is 9.53 Å². The summed E-state index contributed by atoms with van der Waals surface area (Å²) in [5.74, 6) is -0.471. The first kappa shape index (κ1) is 9.97. The lowest BCUT2D eigenvalue weighted by Crippen LogP contribution is -2.15. The van der Waals surface area contributed by atoms with E-state index in [9.17, 15) is 4.79 Å². The Balaban J connectivity index is 3.80. The number of ether oxygens (including phenoxy) is 1. The Hall–Kier alpha value is -1.03. The molecule has 0 unspecified atom stereocenters. The highest BCUT2D eigenvalue weighted by molar-refractivity contribution is 5.87. The van der Waals surface area contributed by atoms with Crippen molar-refractivity contribution >= 4 is 5.97 Å². The maximum absolute atomic E-state index is 10.8. The highest BCUT2D eigenvalue weighted by atomic mass is 16.5. The SMILES string of the molecule is CCOC(=O)/C(N)=C/CCN. The lowest BCUT2D eigenvalue weighted by molar-refractivity contribution is -0.138. The van der Waals surface area contributed by atoms with Crippen molar-refractivity contribution in [1.29, 1.82) is 0 Å². The van der Waals surface area contributed by atoms with Gasteiger partial charge in [0.05, 0.1) is 6.61 Å². The molecule has 4 N–H and O–H groups in total. The minimum atomic E-state index is -0.471. The zero-order valence-corrected chi connectivity index (χ0v) is 6.67. The molecule has 0 saturated heterocycles. The number of nitrogens with two attached hydrogens (primary N) is 2. The highest BCUT2D eigenvalue weighted by Crippen LogP contribution is 1.91. The van der Waals surface area contributed by atoms with Gasteiger partial charge in [-0.15, -0.1) is 0 Å². The maximum Gasteiger partial charge on any atom is 0.353 e. The molecule has 4 heteroatoms. The van der Waals surface area contributed by atoms with Crippen LogP contribution >= 0.6 is 0 Å². The van der Waals surface area contributed by atoms with E-state index in [0.29, 0.717) is 19.6 Å². The van der Waals surface area contributed by atoms with Gasteiger partial charge in [-0.05, 0) is 19.9 Å². The second-order valence-corrected chi connectivity index (χ2v) is 1.96. The van der Waals surface area contributed by atoms with Crippen LogP contribution in [0.1, 0.15) is 13.3 Å². The molecule has 0 atom stereocenters. The van der Waals surface area contributed by atoms with Crippen LogP contribution in [0.4, 0.5) is 0 Å². The monoisotopic (exact) mass is 158 g/mol. The standard InChI is InChI=1S/C7H14N2O2/c1-2-11-7(10)6(9)4-3-5-8/h4H,2-3,5,8-9H2,1H3/b6-4-. The summed E-state index contributed by atoms with van der Waals surface area (Å²) in [4.78, 5) is 10.8. The minimum Gasteiger partial charge on any atom is -0.461 e. The van der Waals surface area contributed by atoms with E-state index in [1.165, 1.54) is 0 Å². The first-order valence-corrected chi connectivity index (χ1v) is 3.55.